The predicted molar refractivity (Wildman–Crippen MR) is 125 cm³/mol. The Morgan fingerprint density at radius 1 is 1.14 bits per heavy atom. The molecule has 166 valence electrons. The highest BCUT2D eigenvalue weighted by atomic mass is 127. The molecule has 0 spiro atoms. The topological polar surface area (TPSA) is 87.2 Å². The van der Waals surface area contributed by atoms with Crippen molar-refractivity contribution in [1.29, 1.82) is 0 Å². The number of nitrogens with zero attached hydrogens (tertiary/aromatic N) is 2. The molecule has 0 aromatic rings. The number of likely N-dealkylation sites (N-methyl/N-ethyl adjacent to an activating group) is 1. The Hall–Kier alpha value is -0.810. The first-order valence-electron chi connectivity index (χ1n) is 9.60. The Balaban J connectivity index is 0.00000729. The number of nitrogens with one attached hydrogen (secondary N) is 3. The normalized spacial score (nSPS) is 17.5. The lowest BCUT2D eigenvalue weighted by Crippen LogP contribution is -2.58. The summed E-state index contributed by atoms with van der Waals surface area (Å²) in [6, 6.07) is 0. The molecule has 1 aliphatic rings. The lowest BCUT2D eigenvalue weighted by molar-refractivity contribution is -0.00501. The number of rotatable bonds is 6. The first-order chi connectivity index (χ1) is 12.4. The van der Waals surface area contributed by atoms with E-state index >= 15 is 0 Å². The van der Waals surface area contributed by atoms with Gasteiger partial charge in [0, 0.05) is 38.9 Å². The molecule has 8 nitrogen and oxygen atoms in total. The van der Waals surface area contributed by atoms with Crippen molar-refractivity contribution in [3.05, 3.63) is 0 Å². The average molecular weight is 513 g/mol. The highest BCUT2D eigenvalue weighted by Crippen LogP contribution is 2.25. The zero-order chi connectivity index (χ0) is 20.7. The summed E-state index contributed by atoms with van der Waals surface area (Å²) in [5.41, 5.74) is -0.951. The van der Waals surface area contributed by atoms with Crippen molar-refractivity contribution in [3.63, 3.8) is 0 Å². The van der Waals surface area contributed by atoms with E-state index in [9.17, 15) is 4.79 Å². The number of amides is 1. The standard InChI is InChI=1S/C19H39N5O3.HI/c1-17(2,3)27-16(25)23-18(4,5)13-21-15(20-6)22-14-19(24(7)8)9-11-26-12-10-19;/h9-14H2,1-8H3,(H,23,25)(H2,20,21,22);1H. The summed E-state index contributed by atoms with van der Waals surface area (Å²) in [6.07, 6.45) is 1.54. The fourth-order valence-electron chi connectivity index (χ4n) is 2.93. The maximum atomic E-state index is 12.0. The Bertz CT molecular complexity index is 512. The Kier molecular flexibility index (Phi) is 11.1. The minimum absolute atomic E-state index is 0. The van der Waals surface area contributed by atoms with Gasteiger partial charge >= 0.3 is 6.09 Å². The number of carbonyl (C=O) groups is 1. The molecule has 0 unspecified atom stereocenters. The van der Waals surface area contributed by atoms with Crippen LogP contribution in [0, 0.1) is 0 Å². The van der Waals surface area contributed by atoms with Crippen LogP contribution in [-0.4, -0.2) is 81.1 Å². The second-order valence-electron chi connectivity index (χ2n) is 9.02. The fraction of sp³-hybridized carbons (Fsp3) is 0.895. The number of carbonyl (C=O) groups excluding carboxylic acids is 1. The second-order valence-corrected chi connectivity index (χ2v) is 9.02. The number of hydrogen-bond acceptors (Lipinski definition) is 5. The third-order valence-electron chi connectivity index (χ3n) is 4.72. The highest BCUT2D eigenvalue weighted by molar-refractivity contribution is 14.0. The van der Waals surface area contributed by atoms with E-state index in [1.807, 2.05) is 34.6 Å². The van der Waals surface area contributed by atoms with Crippen molar-refractivity contribution in [1.82, 2.24) is 20.9 Å². The maximum Gasteiger partial charge on any atom is 0.408 e. The van der Waals surface area contributed by atoms with Gasteiger partial charge in [0.25, 0.3) is 0 Å². The fourth-order valence-corrected chi connectivity index (χ4v) is 2.93. The number of ether oxygens (including phenoxy) is 2. The molecule has 0 aromatic heterocycles. The molecule has 1 heterocycles. The molecular weight excluding hydrogens is 473 g/mol. The van der Waals surface area contributed by atoms with Crippen LogP contribution < -0.4 is 16.0 Å². The molecule has 1 fully saturated rings. The van der Waals surface area contributed by atoms with Gasteiger partial charge in [0.05, 0.1) is 5.54 Å². The smallest absolute Gasteiger partial charge is 0.408 e. The second kappa shape index (κ2) is 11.4. The lowest BCUT2D eigenvalue weighted by Gasteiger charge is -2.43. The zero-order valence-corrected chi connectivity index (χ0v) is 21.1. The van der Waals surface area contributed by atoms with Crippen molar-refractivity contribution >= 4 is 36.0 Å². The van der Waals surface area contributed by atoms with Crippen LogP contribution in [0.1, 0.15) is 47.5 Å². The van der Waals surface area contributed by atoms with Gasteiger partial charge in [-0.2, -0.15) is 0 Å². The maximum absolute atomic E-state index is 12.0. The van der Waals surface area contributed by atoms with E-state index in [4.69, 9.17) is 9.47 Å². The van der Waals surface area contributed by atoms with E-state index in [0.29, 0.717) is 12.5 Å². The quantitative estimate of drug-likeness (QED) is 0.287. The number of guanidine groups is 1. The number of halogens is 1. The summed E-state index contributed by atoms with van der Waals surface area (Å²) in [6.45, 7) is 12.3. The van der Waals surface area contributed by atoms with E-state index in [-0.39, 0.29) is 29.5 Å². The van der Waals surface area contributed by atoms with Crippen LogP contribution in [0.2, 0.25) is 0 Å². The van der Waals surface area contributed by atoms with Crippen molar-refractivity contribution in [2.45, 2.75) is 64.1 Å². The van der Waals surface area contributed by atoms with Crippen molar-refractivity contribution in [2.24, 2.45) is 4.99 Å². The van der Waals surface area contributed by atoms with Crippen LogP contribution in [0.5, 0.6) is 0 Å². The van der Waals surface area contributed by atoms with E-state index in [1.165, 1.54) is 0 Å². The Morgan fingerprint density at radius 3 is 2.18 bits per heavy atom. The number of hydrogen-bond donors (Lipinski definition) is 3. The third kappa shape index (κ3) is 9.60. The van der Waals surface area contributed by atoms with Gasteiger partial charge in [-0.05, 0) is 61.6 Å². The monoisotopic (exact) mass is 513 g/mol. The largest absolute Gasteiger partial charge is 0.444 e. The summed E-state index contributed by atoms with van der Waals surface area (Å²) in [7, 11) is 5.96. The zero-order valence-electron chi connectivity index (χ0n) is 18.8. The molecule has 0 atom stereocenters. The molecule has 28 heavy (non-hydrogen) atoms. The van der Waals surface area contributed by atoms with E-state index < -0.39 is 17.2 Å². The van der Waals surface area contributed by atoms with Crippen LogP contribution in [0.25, 0.3) is 0 Å². The summed E-state index contributed by atoms with van der Waals surface area (Å²) < 4.78 is 10.9. The van der Waals surface area contributed by atoms with Crippen molar-refractivity contribution in [2.75, 3.05) is 47.4 Å². The molecule has 0 aliphatic carbocycles. The van der Waals surface area contributed by atoms with Gasteiger partial charge in [-0.15, -0.1) is 24.0 Å². The van der Waals surface area contributed by atoms with Gasteiger partial charge < -0.3 is 30.3 Å². The predicted octanol–water partition coefficient (Wildman–Crippen LogP) is 2.18. The van der Waals surface area contributed by atoms with Gasteiger partial charge in [0.15, 0.2) is 5.96 Å². The summed E-state index contributed by atoms with van der Waals surface area (Å²) in [5.74, 6) is 0.710. The van der Waals surface area contributed by atoms with Crippen LogP contribution >= 0.6 is 24.0 Å². The molecule has 1 amide bonds. The van der Waals surface area contributed by atoms with Crippen LogP contribution in [0.15, 0.2) is 4.99 Å². The van der Waals surface area contributed by atoms with Crippen LogP contribution in [0.3, 0.4) is 0 Å². The van der Waals surface area contributed by atoms with Gasteiger partial charge in [0.1, 0.15) is 5.60 Å². The Labute approximate surface area is 187 Å². The highest BCUT2D eigenvalue weighted by Gasteiger charge is 2.35. The molecule has 1 saturated heterocycles. The first-order valence-corrected chi connectivity index (χ1v) is 9.60. The van der Waals surface area contributed by atoms with Crippen molar-refractivity contribution < 1.29 is 14.3 Å². The molecule has 1 aliphatic heterocycles. The van der Waals surface area contributed by atoms with Crippen LogP contribution in [-0.2, 0) is 9.47 Å². The van der Waals surface area contributed by atoms with Crippen LogP contribution in [0.4, 0.5) is 4.79 Å². The molecule has 0 aromatic carbocycles. The first kappa shape index (κ1) is 27.2. The minimum atomic E-state index is -0.518. The summed E-state index contributed by atoms with van der Waals surface area (Å²) in [5, 5.41) is 9.61. The summed E-state index contributed by atoms with van der Waals surface area (Å²) >= 11 is 0. The number of alkyl carbamates (subject to hydrolysis) is 1. The van der Waals surface area contributed by atoms with Gasteiger partial charge in [-0.1, -0.05) is 0 Å². The molecule has 0 bridgehead atoms. The molecule has 1 rings (SSSR count). The average Bonchev–Trinajstić information content (AvgIpc) is 2.53. The van der Waals surface area contributed by atoms with Crippen molar-refractivity contribution in [3.8, 4) is 0 Å². The van der Waals surface area contributed by atoms with Gasteiger partial charge in [-0.25, -0.2) is 4.79 Å². The van der Waals surface area contributed by atoms with E-state index in [2.05, 4.69) is 39.9 Å². The molecular formula is C19H40IN5O3. The molecule has 3 N–H and O–H groups in total. The lowest BCUT2D eigenvalue weighted by atomic mass is 9.88. The molecule has 0 saturated carbocycles. The summed E-state index contributed by atoms with van der Waals surface area (Å²) in [4.78, 5) is 18.6. The molecule has 9 heteroatoms. The Morgan fingerprint density at radius 2 is 1.71 bits per heavy atom. The minimum Gasteiger partial charge on any atom is -0.444 e. The number of aliphatic imine (C=N–C) groups is 1. The van der Waals surface area contributed by atoms with Gasteiger partial charge in [-0.3, -0.25) is 4.99 Å². The molecule has 0 radical (unpaired) electrons. The van der Waals surface area contributed by atoms with Gasteiger partial charge in [0.2, 0.25) is 0 Å². The third-order valence-corrected chi connectivity index (χ3v) is 4.72. The SMILES string of the molecule is CN=C(NCC(C)(C)NC(=O)OC(C)(C)C)NCC1(N(C)C)CCOCC1.I. The van der Waals surface area contributed by atoms with E-state index in [1.54, 1.807) is 7.05 Å². The van der Waals surface area contributed by atoms with E-state index in [0.717, 1.165) is 32.6 Å².